The molecular weight excluding hydrogens is 220 g/mol. The van der Waals surface area contributed by atoms with Gasteiger partial charge in [-0.05, 0) is 13.8 Å². The van der Waals surface area contributed by atoms with E-state index in [2.05, 4.69) is 40.8 Å². The molecule has 0 radical (unpaired) electrons. The average Bonchev–Trinajstić information content (AvgIpc) is 2.87. The van der Waals surface area contributed by atoms with Crippen molar-refractivity contribution in [2.24, 2.45) is 0 Å². The Bertz CT molecular complexity index is 419. The number of nitrogens with one attached hydrogen (secondary N) is 1. The van der Waals surface area contributed by atoms with Gasteiger partial charge in [0.15, 0.2) is 0 Å². The number of nitrogens with zero attached hydrogens (tertiary/aromatic N) is 3. The van der Waals surface area contributed by atoms with Crippen LogP contribution >= 0.6 is 11.3 Å². The van der Waals surface area contributed by atoms with Gasteiger partial charge >= 0.3 is 0 Å². The summed E-state index contributed by atoms with van der Waals surface area (Å²) in [5.74, 6) is 0. The van der Waals surface area contributed by atoms with Crippen molar-refractivity contribution in [1.29, 1.82) is 0 Å². The zero-order valence-electron chi connectivity index (χ0n) is 9.55. The van der Waals surface area contributed by atoms with Gasteiger partial charge in [-0.1, -0.05) is 0 Å². The summed E-state index contributed by atoms with van der Waals surface area (Å²) in [6.07, 6.45) is 3.99. The smallest absolute Gasteiger partial charge is 0.0795 e. The van der Waals surface area contributed by atoms with Gasteiger partial charge in [-0.25, -0.2) is 4.98 Å². The van der Waals surface area contributed by atoms with Crippen molar-refractivity contribution in [3.8, 4) is 0 Å². The lowest BCUT2D eigenvalue weighted by Gasteiger charge is -2.03. The molecule has 2 aromatic heterocycles. The molecule has 0 saturated carbocycles. The lowest BCUT2D eigenvalue weighted by atomic mass is 10.3. The Morgan fingerprint density at radius 2 is 2.31 bits per heavy atom. The van der Waals surface area contributed by atoms with E-state index in [0.29, 0.717) is 6.04 Å². The van der Waals surface area contributed by atoms with Crippen LogP contribution in [0, 0.1) is 0 Å². The lowest BCUT2D eigenvalue weighted by Crippen LogP contribution is -2.12. The molecule has 16 heavy (non-hydrogen) atoms. The second-order valence-electron chi connectivity index (χ2n) is 4.01. The predicted octanol–water partition coefficient (Wildman–Crippen LogP) is 2.21. The second kappa shape index (κ2) is 5.23. The Morgan fingerprint density at radius 1 is 1.44 bits per heavy atom. The summed E-state index contributed by atoms with van der Waals surface area (Å²) in [5.41, 5.74) is 4.17. The summed E-state index contributed by atoms with van der Waals surface area (Å²) >= 11 is 1.63. The van der Waals surface area contributed by atoms with E-state index in [1.165, 1.54) is 5.56 Å². The van der Waals surface area contributed by atoms with Crippen LogP contribution in [0.2, 0.25) is 0 Å². The average molecular weight is 236 g/mol. The van der Waals surface area contributed by atoms with Crippen molar-refractivity contribution in [3.05, 3.63) is 34.5 Å². The van der Waals surface area contributed by atoms with E-state index in [0.717, 1.165) is 18.8 Å². The van der Waals surface area contributed by atoms with Gasteiger partial charge in [0.2, 0.25) is 0 Å². The van der Waals surface area contributed by atoms with E-state index >= 15 is 0 Å². The predicted molar refractivity (Wildman–Crippen MR) is 65.3 cm³/mol. The van der Waals surface area contributed by atoms with Gasteiger partial charge in [0.25, 0.3) is 0 Å². The van der Waals surface area contributed by atoms with Crippen LogP contribution in [0.1, 0.15) is 31.1 Å². The maximum atomic E-state index is 4.29. The van der Waals surface area contributed by atoms with Gasteiger partial charge in [0.05, 0.1) is 17.4 Å². The lowest BCUT2D eigenvalue weighted by molar-refractivity contribution is 0.531. The Hall–Kier alpha value is -1.20. The fraction of sp³-hybridized carbons (Fsp3) is 0.455. The molecule has 2 aromatic rings. The van der Waals surface area contributed by atoms with E-state index in [9.17, 15) is 0 Å². The Morgan fingerprint density at radius 3 is 2.94 bits per heavy atom. The van der Waals surface area contributed by atoms with Crippen LogP contribution in [0.3, 0.4) is 0 Å². The molecule has 86 valence electrons. The molecule has 0 bridgehead atoms. The Balaban J connectivity index is 1.81. The standard InChI is InChI=1S/C11H16N4S/c1-9(2)15-6-10(4-14-15)3-12-5-11-7-16-8-13-11/h4,6-9,12H,3,5H2,1-2H3. The number of hydrogen-bond acceptors (Lipinski definition) is 4. The van der Waals surface area contributed by atoms with Crippen LogP contribution in [0.5, 0.6) is 0 Å². The van der Waals surface area contributed by atoms with Gasteiger partial charge in [0, 0.05) is 36.3 Å². The fourth-order valence-corrected chi connectivity index (χ4v) is 1.97. The van der Waals surface area contributed by atoms with Crippen molar-refractivity contribution < 1.29 is 0 Å². The molecule has 0 aliphatic rings. The third-order valence-corrected chi connectivity index (χ3v) is 2.94. The summed E-state index contributed by atoms with van der Waals surface area (Å²) in [4.78, 5) is 4.22. The largest absolute Gasteiger partial charge is 0.307 e. The van der Waals surface area contributed by atoms with Crippen LogP contribution in [-0.2, 0) is 13.1 Å². The topological polar surface area (TPSA) is 42.7 Å². The summed E-state index contributed by atoms with van der Waals surface area (Å²) in [7, 11) is 0. The minimum atomic E-state index is 0.423. The molecule has 0 fully saturated rings. The van der Waals surface area contributed by atoms with Gasteiger partial charge in [-0.15, -0.1) is 11.3 Å². The van der Waals surface area contributed by atoms with Gasteiger partial charge in [-0.2, -0.15) is 5.10 Å². The highest BCUT2D eigenvalue weighted by Gasteiger charge is 2.01. The van der Waals surface area contributed by atoms with Crippen molar-refractivity contribution in [2.45, 2.75) is 33.0 Å². The minimum absolute atomic E-state index is 0.423. The molecule has 0 aliphatic carbocycles. The van der Waals surface area contributed by atoms with E-state index in [1.54, 1.807) is 11.3 Å². The maximum absolute atomic E-state index is 4.29. The summed E-state index contributed by atoms with van der Waals surface area (Å²) in [5, 5.41) is 9.70. The molecule has 0 amide bonds. The molecule has 0 unspecified atom stereocenters. The summed E-state index contributed by atoms with van der Waals surface area (Å²) in [6, 6.07) is 0.423. The van der Waals surface area contributed by atoms with E-state index in [1.807, 2.05) is 16.4 Å². The molecule has 0 aromatic carbocycles. The SMILES string of the molecule is CC(C)n1cc(CNCc2cscn2)cn1. The first-order valence-corrected chi connectivity index (χ1v) is 6.31. The van der Waals surface area contributed by atoms with Crippen molar-refractivity contribution in [1.82, 2.24) is 20.1 Å². The fourth-order valence-electron chi connectivity index (χ4n) is 1.41. The summed E-state index contributed by atoms with van der Waals surface area (Å²) < 4.78 is 1.97. The van der Waals surface area contributed by atoms with E-state index in [4.69, 9.17) is 0 Å². The van der Waals surface area contributed by atoms with Crippen molar-refractivity contribution in [2.75, 3.05) is 0 Å². The first-order valence-electron chi connectivity index (χ1n) is 5.36. The minimum Gasteiger partial charge on any atom is -0.307 e. The van der Waals surface area contributed by atoms with E-state index in [-0.39, 0.29) is 0 Å². The first kappa shape index (κ1) is 11.3. The van der Waals surface area contributed by atoms with Crippen LogP contribution in [0.4, 0.5) is 0 Å². The molecule has 2 heterocycles. The molecule has 4 nitrogen and oxygen atoms in total. The maximum Gasteiger partial charge on any atom is 0.0795 e. The molecule has 0 aliphatic heterocycles. The number of thiazole rings is 1. The Labute approximate surface area is 99.3 Å². The molecule has 1 N–H and O–H groups in total. The number of aromatic nitrogens is 3. The zero-order valence-corrected chi connectivity index (χ0v) is 10.4. The van der Waals surface area contributed by atoms with E-state index < -0.39 is 0 Å². The van der Waals surface area contributed by atoms with Gasteiger partial charge in [-0.3, -0.25) is 4.68 Å². The van der Waals surface area contributed by atoms with Gasteiger partial charge < -0.3 is 5.32 Å². The van der Waals surface area contributed by atoms with Crippen molar-refractivity contribution >= 4 is 11.3 Å². The molecular formula is C11H16N4S. The van der Waals surface area contributed by atoms with Crippen LogP contribution < -0.4 is 5.32 Å². The van der Waals surface area contributed by atoms with Crippen molar-refractivity contribution in [3.63, 3.8) is 0 Å². The van der Waals surface area contributed by atoms with Gasteiger partial charge in [0.1, 0.15) is 0 Å². The zero-order chi connectivity index (χ0) is 11.4. The summed E-state index contributed by atoms with van der Waals surface area (Å²) in [6.45, 7) is 5.90. The molecule has 5 heteroatoms. The Kier molecular flexibility index (Phi) is 3.69. The molecule has 2 rings (SSSR count). The first-order chi connectivity index (χ1) is 7.75. The molecule has 0 atom stereocenters. The van der Waals surface area contributed by atoms with Crippen LogP contribution in [0.25, 0.3) is 0 Å². The molecule has 0 spiro atoms. The quantitative estimate of drug-likeness (QED) is 0.865. The highest BCUT2D eigenvalue weighted by Crippen LogP contribution is 2.05. The highest BCUT2D eigenvalue weighted by molar-refractivity contribution is 7.07. The monoisotopic (exact) mass is 236 g/mol. The van der Waals surface area contributed by atoms with Crippen LogP contribution in [-0.4, -0.2) is 14.8 Å². The third kappa shape index (κ3) is 2.90. The highest BCUT2D eigenvalue weighted by atomic mass is 32.1. The number of hydrogen-bond donors (Lipinski definition) is 1. The second-order valence-corrected chi connectivity index (χ2v) is 4.72. The number of rotatable bonds is 5. The van der Waals surface area contributed by atoms with Crippen LogP contribution in [0.15, 0.2) is 23.3 Å². The third-order valence-electron chi connectivity index (χ3n) is 2.30. The normalized spacial score (nSPS) is 11.2. The molecule has 0 saturated heterocycles.